The molecule has 2 amide bonds. The van der Waals surface area contributed by atoms with Gasteiger partial charge in [-0.15, -0.1) is 24.8 Å². The summed E-state index contributed by atoms with van der Waals surface area (Å²) in [7, 11) is 0. The first-order chi connectivity index (χ1) is 11.6. The minimum atomic E-state index is -0.486. The Morgan fingerprint density at radius 3 is 2.62 bits per heavy atom. The van der Waals surface area contributed by atoms with Crippen LogP contribution in [0.4, 0.5) is 5.82 Å². The molecule has 2 aliphatic heterocycles. The minimum Gasteiger partial charge on any atom is -0.378 e. The molecule has 1 aromatic rings. The number of hydrogen-bond acceptors (Lipinski definition) is 6. The third kappa shape index (κ3) is 5.44. The summed E-state index contributed by atoms with van der Waals surface area (Å²) >= 11 is 0. The van der Waals surface area contributed by atoms with E-state index in [2.05, 4.69) is 10.3 Å². The van der Waals surface area contributed by atoms with Crippen molar-refractivity contribution >= 4 is 42.4 Å². The highest BCUT2D eigenvalue weighted by Gasteiger charge is 2.26. The lowest BCUT2D eigenvalue weighted by molar-refractivity contribution is -0.132. The molecule has 2 saturated heterocycles. The van der Waals surface area contributed by atoms with Crippen LogP contribution >= 0.6 is 24.8 Å². The van der Waals surface area contributed by atoms with Gasteiger partial charge in [0.25, 0.3) is 5.91 Å². The maximum atomic E-state index is 12.4. The molecule has 10 heteroatoms. The number of hydrogen-bond donors (Lipinski definition) is 2. The molecule has 146 valence electrons. The van der Waals surface area contributed by atoms with E-state index in [-0.39, 0.29) is 36.8 Å². The number of halogens is 2. The van der Waals surface area contributed by atoms with Crippen LogP contribution in [-0.2, 0) is 9.53 Å². The van der Waals surface area contributed by atoms with Gasteiger partial charge in [-0.25, -0.2) is 4.98 Å². The molecular weight excluding hydrogens is 381 g/mol. The number of primary amides is 1. The van der Waals surface area contributed by atoms with Crippen LogP contribution < -0.4 is 16.0 Å². The maximum Gasteiger partial charge on any atom is 0.252 e. The summed E-state index contributed by atoms with van der Waals surface area (Å²) in [6.45, 7) is 4.58. The predicted molar refractivity (Wildman–Crippen MR) is 103 cm³/mol. The fourth-order valence-electron chi connectivity index (χ4n) is 3.10. The number of carbonyl (C=O) groups excluding carboxylic acids is 2. The van der Waals surface area contributed by atoms with Gasteiger partial charge in [0.2, 0.25) is 5.91 Å². The summed E-state index contributed by atoms with van der Waals surface area (Å²) in [5.74, 6) is 0.244. The molecular formula is C16H25Cl2N5O3. The van der Waals surface area contributed by atoms with Crippen molar-refractivity contribution in [1.82, 2.24) is 15.2 Å². The van der Waals surface area contributed by atoms with Crippen molar-refractivity contribution in [3.8, 4) is 0 Å². The Bertz CT molecular complexity index is 605. The lowest BCUT2D eigenvalue weighted by atomic mass is 10.1. The number of nitrogens with one attached hydrogen (secondary N) is 1. The number of rotatable bonds is 4. The number of nitrogens with zero attached hydrogens (tertiary/aromatic N) is 3. The average Bonchev–Trinajstić information content (AvgIpc) is 2.62. The van der Waals surface area contributed by atoms with Crippen molar-refractivity contribution in [2.24, 2.45) is 5.73 Å². The van der Waals surface area contributed by atoms with Gasteiger partial charge in [-0.05, 0) is 12.1 Å². The SMILES string of the molecule is Cl.Cl.NC(=O)c1cccnc1N1CCN(C(=O)CC2COCCN2)CC1. The highest BCUT2D eigenvalue weighted by Crippen LogP contribution is 2.19. The third-order valence-corrected chi connectivity index (χ3v) is 4.40. The van der Waals surface area contributed by atoms with Gasteiger partial charge in [0, 0.05) is 51.4 Å². The number of ether oxygens (including phenoxy) is 1. The Hall–Kier alpha value is -1.61. The molecule has 0 saturated carbocycles. The van der Waals surface area contributed by atoms with Gasteiger partial charge < -0.3 is 25.6 Å². The van der Waals surface area contributed by atoms with Crippen LogP contribution in [0.25, 0.3) is 0 Å². The van der Waals surface area contributed by atoms with E-state index in [1.807, 2.05) is 9.80 Å². The van der Waals surface area contributed by atoms with Crippen molar-refractivity contribution in [2.45, 2.75) is 12.5 Å². The maximum absolute atomic E-state index is 12.4. The first kappa shape index (κ1) is 22.4. The number of carbonyl (C=O) groups is 2. The quantitative estimate of drug-likeness (QED) is 0.733. The Labute approximate surface area is 165 Å². The Balaban J connectivity index is 0.00000169. The number of pyridine rings is 1. The molecule has 2 aliphatic rings. The largest absolute Gasteiger partial charge is 0.378 e. The molecule has 0 bridgehead atoms. The number of nitrogens with two attached hydrogens (primary N) is 1. The zero-order valence-electron chi connectivity index (χ0n) is 14.4. The standard InChI is InChI=1S/C16H23N5O3.2ClH/c17-15(23)13-2-1-3-19-16(13)21-7-5-20(6-8-21)14(22)10-12-11-24-9-4-18-12;;/h1-3,12,18H,4-11H2,(H2,17,23);2*1H. The van der Waals surface area contributed by atoms with Crippen LogP contribution in [0.1, 0.15) is 16.8 Å². The monoisotopic (exact) mass is 405 g/mol. The molecule has 0 radical (unpaired) electrons. The molecule has 1 aromatic heterocycles. The van der Waals surface area contributed by atoms with Crippen molar-refractivity contribution in [2.75, 3.05) is 50.8 Å². The summed E-state index contributed by atoms with van der Waals surface area (Å²) in [4.78, 5) is 32.1. The Morgan fingerprint density at radius 2 is 2.00 bits per heavy atom. The topological polar surface area (TPSA) is 101 Å². The Morgan fingerprint density at radius 1 is 1.27 bits per heavy atom. The van der Waals surface area contributed by atoms with Gasteiger partial charge in [0.05, 0.1) is 18.8 Å². The van der Waals surface area contributed by atoms with Crippen LogP contribution in [0.2, 0.25) is 0 Å². The number of aromatic nitrogens is 1. The molecule has 0 aliphatic carbocycles. The van der Waals surface area contributed by atoms with Crippen LogP contribution in [-0.4, -0.2) is 73.7 Å². The van der Waals surface area contributed by atoms with Gasteiger partial charge in [-0.2, -0.15) is 0 Å². The zero-order chi connectivity index (χ0) is 16.9. The van der Waals surface area contributed by atoms with Crippen LogP contribution in [0.5, 0.6) is 0 Å². The molecule has 0 aromatic carbocycles. The molecule has 3 N–H and O–H groups in total. The van der Waals surface area contributed by atoms with Crippen molar-refractivity contribution in [3.63, 3.8) is 0 Å². The molecule has 1 atom stereocenters. The smallest absolute Gasteiger partial charge is 0.252 e. The average molecular weight is 406 g/mol. The van der Waals surface area contributed by atoms with E-state index in [0.717, 1.165) is 6.54 Å². The highest BCUT2D eigenvalue weighted by atomic mass is 35.5. The molecule has 26 heavy (non-hydrogen) atoms. The van der Waals surface area contributed by atoms with E-state index < -0.39 is 5.91 Å². The van der Waals surface area contributed by atoms with Gasteiger partial charge in [-0.1, -0.05) is 0 Å². The summed E-state index contributed by atoms with van der Waals surface area (Å²) in [5, 5.41) is 3.30. The van der Waals surface area contributed by atoms with Gasteiger partial charge >= 0.3 is 0 Å². The van der Waals surface area contributed by atoms with E-state index in [1.54, 1.807) is 18.3 Å². The van der Waals surface area contributed by atoms with E-state index in [0.29, 0.717) is 57.2 Å². The lowest BCUT2D eigenvalue weighted by Crippen LogP contribution is -2.51. The second-order valence-electron chi connectivity index (χ2n) is 6.04. The van der Waals surface area contributed by atoms with E-state index in [9.17, 15) is 9.59 Å². The van der Waals surface area contributed by atoms with Crippen LogP contribution in [0, 0.1) is 0 Å². The van der Waals surface area contributed by atoms with Gasteiger partial charge in [0.15, 0.2) is 0 Å². The molecule has 2 fully saturated rings. The second-order valence-corrected chi connectivity index (χ2v) is 6.04. The fourth-order valence-corrected chi connectivity index (χ4v) is 3.10. The van der Waals surface area contributed by atoms with Gasteiger partial charge in [-0.3, -0.25) is 9.59 Å². The van der Waals surface area contributed by atoms with Crippen LogP contribution in [0.15, 0.2) is 18.3 Å². The summed E-state index contributed by atoms with van der Waals surface area (Å²) in [6, 6.07) is 3.47. The van der Waals surface area contributed by atoms with E-state index in [4.69, 9.17) is 10.5 Å². The molecule has 8 nitrogen and oxygen atoms in total. The number of anilines is 1. The second kappa shape index (κ2) is 10.5. The molecule has 3 rings (SSSR count). The molecule has 1 unspecified atom stereocenters. The van der Waals surface area contributed by atoms with Crippen LogP contribution in [0.3, 0.4) is 0 Å². The first-order valence-electron chi connectivity index (χ1n) is 8.24. The van der Waals surface area contributed by atoms with E-state index >= 15 is 0 Å². The third-order valence-electron chi connectivity index (χ3n) is 4.40. The molecule has 3 heterocycles. The highest BCUT2D eigenvalue weighted by molar-refractivity contribution is 5.97. The lowest BCUT2D eigenvalue weighted by Gasteiger charge is -2.36. The van der Waals surface area contributed by atoms with Crippen molar-refractivity contribution in [3.05, 3.63) is 23.9 Å². The van der Waals surface area contributed by atoms with Crippen molar-refractivity contribution in [1.29, 1.82) is 0 Å². The summed E-state index contributed by atoms with van der Waals surface area (Å²) < 4.78 is 5.39. The van der Waals surface area contributed by atoms with E-state index in [1.165, 1.54) is 0 Å². The zero-order valence-corrected chi connectivity index (χ0v) is 16.1. The first-order valence-corrected chi connectivity index (χ1v) is 8.24. The molecule has 0 spiro atoms. The number of morpholine rings is 1. The minimum absolute atomic E-state index is 0. The number of piperazine rings is 1. The Kier molecular flexibility index (Phi) is 9.07. The number of amides is 2. The predicted octanol–water partition coefficient (Wildman–Crippen LogP) is 0.0512. The fraction of sp³-hybridized carbons (Fsp3) is 0.562. The van der Waals surface area contributed by atoms with Gasteiger partial charge in [0.1, 0.15) is 5.82 Å². The summed E-state index contributed by atoms with van der Waals surface area (Å²) in [5.41, 5.74) is 5.83. The van der Waals surface area contributed by atoms with Crippen molar-refractivity contribution < 1.29 is 14.3 Å². The normalized spacial score (nSPS) is 19.9. The summed E-state index contributed by atoms with van der Waals surface area (Å²) in [6.07, 6.45) is 2.10.